The van der Waals surface area contributed by atoms with E-state index in [1.165, 1.54) is 7.11 Å². The van der Waals surface area contributed by atoms with Crippen LogP contribution in [0.1, 0.15) is 40.6 Å². The van der Waals surface area contributed by atoms with E-state index in [1.54, 1.807) is 23.1 Å². The number of benzene rings is 2. The summed E-state index contributed by atoms with van der Waals surface area (Å²) in [5.74, 6) is 0.0101. The molecule has 1 atom stereocenters. The van der Waals surface area contributed by atoms with Gasteiger partial charge in [-0.15, -0.1) is 0 Å². The second kappa shape index (κ2) is 8.34. The van der Waals surface area contributed by atoms with Crippen molar-refractivity contribution < 1.29 is 23.5 Å². The minimum Gasteiger partial charge on any atom is -0.465 e. The average molecular weight is 394 g/mol. The predicted octanol–water partition coefficient (Wildman–Crippen LogP) is 4.13. The van der Waals surface area contributed by atoms with E-state index in [0.29, 0.717) is 35.6 Å². The molecule has 0 radical (unpaired) electrons. The summed E-state index contributed by atoms with van der Waals surface area (Å²) in [6.45, 7) is 1.35. The fourth-order valence-electron chi connectivity index (χ4n) is 3.57. The Morgan fingerprint density at radius 3 is 2.79 bits per heavy atom. The van der Waals surface area contributed by atoms with E-state index < -0.39 is 5.97 Å². The van der Waals surface area contributed by atoms with Gasteiger partial charge in [0.25, 0.3) is 0 Å². The van der Waals surface area contributed by atoms with Crippen molar-refractivity contribution in [2.45, 2.75) is 25.4 Å². The molecule has 0 bridgehead atoms. The van der Waals surface area contributed by atoms with Crippen LogP contribution in [0, 0.1) is 0 Å². The summed E-state index contributed by atoms with van der Waals surface area (Å²) < 4.78 is 16.2. The number of nitrogens with zero attached hydrogens (tertiary/aromatic N) is 2. The van der Waals surface area contributed by atoms with Gasteiger partial charge < -0.3 is 18.8 Å². The van der Waals surface area contributed by atoms with Gasteiger partial charge in [-0.3, -0.25) is 0 Å². The van der Waals surface area contributed by atoms with Gasteiger partial charge in [0.15, 0.2) is 11.5 Å². The number of likely N-dealkylation sites (tertiary alicyclic amines) is 1. The molecule has 1 aliphatic heterocycles. The van der Waals surface area contributed by atoms with E-state index in [1.807, 2.05) is 30.3 Å². The van der Waals surface area contributed by atoms with Crippen LogP contribution in [0.25, 0.3) is 11.1 Å². The highest BCUT2D eigenvalue weighted by Crippen LogP contribution is 2.30. The summed E-state index contributed by atoms with van der Waals surface area (Å²) >= 11 is 0. The van der Waals surface area contributed by atoms with Crippen LogP contribution in [-0.4, -0.2) is 42.1 Å². The maximum atomic E-state index is 12.5. The fourth-order valence-corrected chi connectivity index (χ4v) is 3.57. The Hall–Kier alpha value is -3.35. The molecule has 4 rings (SSSR count). The number of para-hydroxylation sites is 1. The summed E-state index contributed by atoms with van der Waals surface area (Å²) in [6.07, 6.45) is 1.33. The summed E-state index contributed by atoms with van der Waals surface area (Å²) in [6, 6.07) is 14.8. The molecule has 1 aromatic heterocycles. The van der Waals surface area contributed by atoms with Crippen LogP contribution in [0.4, 0.5) is 4.79 Å². The first-order valence-corrected chi connectivity index (χ1v) is 9.59. The third-order valence-corrected chi connectivity index (χ3v) is 5.07. The molecule has 0 aliphatic carbocycles. The van der Waals surface area contributed by atoms with Gasteiger partial charge in [0, 0.05) is 13.1 Å². The number of hydrogen-bond acceptors (Lipinski definition) is 6. The number of esters is 1. The molecule has 1 saturated heterocycles. The lowest BCUT2D eigenvalue weighted by Crippen LogP contribution is -2.39. The highest BCUT2D eigenvalue weighted by molar-refractivity contribution is 6.00. The molecule has 1 unspecified atom stereocenters. The van der Waals surface area contributed by atoms with Crippen molar-refractivity contribution in [2.24, 2.45) is 0 Å². The van der Waals surface area contributed by atoms with Gasteiger partial charge in [-0.1, -0.05) is 36.4 Å². The molecule has 3 aromatic rings. The zero-order chi connectivity index (χ0) is 20.2. The number of aromatic nitrogens is 1. The summed E-state index contributed by atoms with van der Waals surface area (Å²) in [5.41, 5.74) is 2.31. The zero-order valence-electron chi connectivity index (χ0n) is 16.2. The average Bonchev–Trinajstić information content (AvgIpc) is 3.22. The number of carbonyl (C=O) groups is 2. The topological polar surface area (TPSA) is 81.9 Å². The Morgan fingerprint density at radius 1 is 1.17 bits per heavy atom. The van der Waals surface area contributed by atoms with Gasteiger partial charge >= 0.3 is 12.1 Å². The maximum absolute atomic E-state index is 12.5. The monoisotopic (exact) mass is 394 g/mol. The first-order valence-electron chi connectivity index (χ1n) is 9.59. The van der Waals surface area contributed by atoms with Crippen LogP contribution in [0.3, 0.4) is 0 Å². The molecule has 29 heavy (non-hydrogen) atoms. The van der Waals surface area contributed by atoms with Gasteiger partial charge in [-0.2, -0.15) is 0 Å². The number of carbonyl (C=O) groups excluding carboxylic acids is 2. The first kappa shape index (κ1) is 19.0. The minimum absolute atomic E-state index is 0.0501. The molecule has 0 saturated carbocycles. The molecule has 2 heterocycles. The number of oxazole rings is 1. The van der Waals surface area contributed by atoms with Crippen LogP contribution >= 0.6 is 0 Å². The predicted molar refractivity (Wildman–Crippen MR) is 106 cm³/mol. The lowest BCUT2D eigenvalue weighted by Gasteiger charge is -2.30. The van der Waals surface area contributed by atoms with E-state index in [0.717, 1.165) is 18.4 Å². The second-order valence-corrected chi connectivity index (χ2v) is 7.02. The standard InChI is InChI=1S/C22H22N2O5/c1-27-21(25)17-10-5-11-18-19(17)29-20(23-18)16-9-6-12-24(13-16)22(26)28-14-15-7-3-2-4-8-15/h2-5,7-8,10-11,16H,6,9,12-14H2,1H3. The van der Waals surface area contributed by atoms with Crippen LogP contribution in [0.5, 0.6) is 0 Å². The molecular formula is C22H22N2O5. The fraction of sp³-hybridized carbons (Fsp3) is 0.318. The van der Waals surface area contributed by atoms with Crippen LogP contribution in [-0.2, 0) is 16.1 Å². The van der Waals surface area contributed by atoms with E-state index in [2.05, 4.69) is 4.98 Å². The molecular weight excluding hydrogens is 372 g/mol. The molecule has 1 amide bonds. The van der Waals surface area contributed by atoms with Crippen molar-refractivity contribution in [2.75, 3.05) is 20.2 Å². The molecule has 7 heteroatoms. The smallest absolute Gasteiger partial charge is 0.410 e. The van der Waals surface area contributed by atoms with Gasteiger partial charge in [0.05, 0.1) is 13.0 Å². The number of methoxy groups -OCH3 is 1. The molecule has 7 nitrogen and oxygen atoms in total. The Bertz CT molecular complexity index is 1010. The number of rotatable bonds is 4. The van der Waals surface area contributed by atoms with Crippen molar-refractivity contribution in [1.82, 2.24) is 9.88 Å². The van der Waals surface area contributed by atoms with Crippen LogP contribution in [0.15, 0.2) is 52.9 Å². The molecule has 2 aromatic carbocycles. The SMILES string of the molecule is COC(=O)c1cccc2nc(C3CCCN(C(=O)OCc4ccccc4)C3)oc12. The zero-order valence-corrected chi connectivity index (χ0v) is 16.2. The van der Waals surface area contributed by atoms with Gasteiger partial charge in [0.1, 0.15) is 17.7 Å². The first-order chi connectivity index (χ1) is 14.2. The van der Waals surface area contributed by atoms with E-state index in [-0.39, 0.29) is 18.6 Å². The van der Waals surface area contributed by atoms with Crippen LogP contribution in [0.2, 0.25) is 0 Å². The third kappa shape index (κ3) is 4.08. The number of amides is 1. The van der Waals surface area contributed by atoms with Gasteiger partial charge in [-0.25, -0.2) is 14.6 Å². The van der Waals surface area contributed by atoms with Crippen molar-refractivity contribution in [3.05, 3.63) is 65.5 Å². The van der Waals surface area contributed by atoms with E-state index in [9.17, 15) is 9.59 Å². The molecule has 1 aliphatic rings. The lowest BCUT2D eigenvalue weighted by atomic mass is 9.98. The van der Waals surface area contributed by atoms with Crippen molar-refractivity contribution in [1.29, 1.82) is 0 Å². The summed E-state index contributed by atoms with van der Waals surface area (Å²) in [4.78, 5) is 30.7. The van der Waals surface area contributed by atoms with Gasteiger partial charge in [0.2, 0.25) is 0 Å². The summed E-state index contributed by atoms with van der Waals surface area (Å²) in [7, 11) is 1.33. The Balaban J connectivity index is 1.47. The number of ether oxygens (including phenoxy) is 2. The molecule has 150 valence electrons. The van der Waals surface area contributed by atoms with E-state index in [4.69, 9.17) is 13.9 Å². The number of hydrogen-bond donors (Lipinski definition) is 0. The number of piperidine rings is 1. The van der Waals surface area contributed by atoms with Crippen molar-refractivity contribution in [3.8, 4) is 0 Å². The second-order valence-electron chi connectivity index (χ2n) is 7.02. The lowest BCUT2D eigenvalue weighted by molar-refractivity contribution is 0.0601. The molecule has 0 spiro atoms. The largest absolute Gasteiger partial charge is 0.465 e. The van der Waals surface area contributed by atoms with Crippen molar-refractivity contribution >= 4 is 23.2 Å². The summed E-state index contributed by atoms with van der Waals surface area (Å²) in [5, 5.41) is 0. The molecule has 1 fully saturated rings. The highest BCUT2D eigenvalue weighted by Gasteiger charge is 2.29. The van der Waals surface area contributed by atoms with Crippen molar-refractivity contribution in [3.63, 3.8) is 0 Å². The quantitative estimate of drug-likeness (QED) is 0.619. The normalized spacial score (nSPS) is 16.6. The molecule has 0 N–H and O–H groups in total. The highest BCUT2D eigenvalue weighted by atomic mass is 16.6. The number of fused-ring (bicyclic) bond motifs is 1. The Kier molecular flexibility index (Phi) is 5.46. The Morgan fingerprint density at radius 2 is 2.00 bits per heavy atom. The van der Waals surface area contributed by atoms with Gasteiger partial charge in [-0.05, 0) is 30.5 Å². The van der Waals surface area contributed by atoms with Crippen LogP contribution < -0.4 is 0 Å². The Labute approximate surface area is 168 Å². The minimum atomic E-state index is -0.465. The third-order valence-electron chi connectivity index (χ3n) is 5.07. The maximum Gasteiger partial charge on any atom is 0.410 e. The van der Waals surface area contributed by atoms with E-state index >= 15 is 0 Å².